The molecule has 36 heavy (non-hydrogen) atoms. The van der Waals surface area contributed by atoms with Gasteiger partial charge in [0.1, 0.15) is 25.4 Å². The number of carbonyl (C=O) groups is 1. The number of benzene rings is 3. The molecule has 1 atom stereocenters. The average molecular weight is 617 g/mol. The van der Waals surface area contributed by atoms with Gasteiger partial charge in [0.05, 0.1) is 13.1 Å². The molecule has 1 unspecified atom stereocenters. The quantitative estimate of drug-likeness (QED) is 0.310. The highest BCUT2D eigenvalue weighted by atomic mass is 79.9. The molecule has 3 aromatic carbocycles. The zero-order valence-electron chi connectivity index (χ0n) is 20.1. The molecule has 190 valence electrons. The van der Waals surface area contributed by atoms with Crippen molar-refractivity contribution in [2.75, 3.05) is 32.8 Å². The number of fused-ring (bicyclic) bond motifs is 3. The largest absolute Gasteiger partial charge is 1.00 e. The van der Waals surface area contributed by atoms with Gasteiger partial charge in [-0.25, -0.2) is 4.79 Å². The smallest absolute Gasteiger partial charge is 0.348 e. The standard InChI is InChI=1S/C29H31BrNO4.BrH/c30-25-11-13-26(14-12-25)34-20-19-31-17-15-22(16-18-31)27(21-31)35-28(32)29(33,23-7-3-1-4-8-23)24-9-5-2-6-10-24;/h1-14,22,27,33H,15-21H2;1H/q+1;/p-1. The van der Waals surface area contributed by atoms with E-state index in [9.17, 15) is 9.90 Å². The van der Waals surface area contributed by atoms with Gasteiger partial charge in [0.15, 0.2) is 6.10 Å². The minimum absolute atomic E-state index is 0. The Kier molecular flexibility index (Phi) is 8.56. The number of ether oxygens (including phenoxy) is 2. The predicted molar refractivity (Wildman–Crippen MR) is 138 cm³/mol. The lowest BCUT2D eigenvalue weighted by atomic mass is 9.82. The first kappa shape index (κ1) is 26.9. The van der Waals surface area contributed by atoms with Gasteiger partial charge in [-0.2, -0.15) is 0 Å². The molecule has 3 fully saturated rings. The van der Waals surface area contributed by atoms with E-state index in [0.717, 1.165) is 53.7 Å². The molecule has 0 radical (unpaired) electrons. The molecule has 3 saturated heterocycles. The molecule has 0 aliphatic carbocycles. The third-order valence-corrected chi connectivity index (χ3v) is 8.16. The Hall–Kier alpha value is -2.19. The summed E-state index contributed by atoms with van der Waals surface area (Å²) in [5.74, 6) is 0.595. The lowest BCUT2D eigenvalue weighted by Gasteiger charge is -2.52. The molecule has 1 N–H and O–H groups in total. The number of quaternary nitrogens is 1. The molecule has 3 aliphatic rings. The fraction of sp³-hybridized carbons (Fsp3) is 0.345. The Morgan fingerprint density at radius 2 is 1.47 bits per heavy atom. The fourth-order valence-corrected chi connectivity index (χ4v) is 5.81. The number of nitrogens with zero attached hydrogens (tertiary/aromatic N) is 1. The summed E-state index contributed by atoms with van der Waals surface area (Å²) in [5.41, 5.74) is -0.808. The van der Waals surface area contributed by atoms with Crippen molar-refractivity contribution in [2.24, 2.45) is 5.92 Å². The number of piperidine rings is 3. The van der Waals surface area contributed by atoms with Gasteiger partial charge in [0, 0.05) is 23.2 Å². The molecule has 7 heteroatoms. The Labute approximate surface area is 231 Å². The maximum absolute atomic E-state index is 13.6. The van der Waals surface area contributed by atoms with Gasteiger partial charge in [0.25, 0.3) is 0 Å². The second-order valence-electron chi connectivity index (χ2n) is 9.72. The summed E-state index contributed by atoms with van der Waals surface area (Å²) < 4.78 is 14.1. The van der Waals surface area contributed by atoms with Crippen molar-refractivity contribution in [2.45, 2.75) is 24.5 Å². The lowest BCUT2D eigenvalue weighted by Crippen LogP contribution is -3.00. The van der Waals surface area contributed by atoms with E-state index >= 15 is 0 Å². The van der Waals surface area contributed by atoms with Crippen LogP contribution in [0.2, 0.25) is 0 Å². The first-order valence-electron chi connectivity index (χ1n) is 12.3. The lowest BCUT2D eigenvalue weighted by molar-refractivity contribution is -0.946. The van der Waals surface area contributed by atoms with E-state index in [4.69, 9.17) is 9.47 Å². The molecular formula is C29H31Br2NO4. The van der Waals surface area contributed by atoms with E-state index in [2.05, 4.69) is 15.9 Å². The first-order valence-corrected chi connectivity index (χ1v) is 13.1. The first-order chi connectivity index (χ1) is 17.0. The summed E-state index contributed by atoms with van der Waals surface area (Å²) in [7, 11) is 0. The highest BCUT2D eigenvalue weighted by molar-refractivity contribution is 9.10. The van der Waals surface area contributed by atoms with Crippen LogP contribution in [0.5, 0.6) is 5.75 Å². The van der Waals surface area contributed by atoms with Crippen LogP contribution in [0.1, 0.15) is 24.0 Å². The zero-order chi connectivity index (χ0) is 24.3. The Morgan fingerprint density at radius 3 is 2.03 bits per heavy atom. The van der Waals surface area contributed by atoms with Crippen LogP contribution in [0.15, 0.2) is 89.4 Å². The van der Waals surface area contributed by atoms with E-state index in [1.165, 1.54) is 0 Å². The molecule has 3 heterocycles. The number of esters is 1. The summed E-state index contributed by atoms with van der Waals surface area (Å²) in [6, 6.07) is 26.0. The number of hydrogen-bond acceptors (Lipinski definition) is 4. The van der Waals surface area contributed by atoms with Crippen LogP contribution >= 0.6 is 15.9 Å². The van der Waals surface area contributed by atoms with E-state index in [1.807, 2.05) is 60.7 Å². The number of rotatable bonds is 8. The van der Waals surface area contributed by atoms with Crippen molar-refractivity contribution in [1.82, 2.24) is 0 Å². The van der Waals surface area contributed by atoms with E-state index in [1.54, 1.807) is 24.3 Å². The molecule has 5 nitrogen and oxygen atoms in total. The van der Waals surface area contributed by atoms with Gasteiger partial charge in [0.2, 0.25) is 5.60 Å². The molecule has 0 spiro atoms. The minimum atomic E-state index is -1.84. The summed E-state index contributed by atoms with van der Waals surface area (Å²) in [5, 5.41) is 11.8. The van der Waals surface area contributed by atoms with E-state index < -0.39 is 11.6 Å². The van der Waals surface area contributed by atoms with Gasteiger partial charge in [-0.1, -0.05) is 76.6 Å². The van der Waals surface area contributed by atoms with E-state index in [-0.39, 0.29) is 23.1 Å². The van der Waals surface area contributed by atoms with Crippen molar-refractivity contribution in [1.29, 1.82) is 0 Å². The normalized spacial score (nSPS) is 22.9. The molecule has 0 aromatic heterocycles. The van der Waals surface area contributed by atoms with Crippen LogP contribution in [0.3, 0.4) is 0 Å². The SMILES string of the molecule is O=C(OC1C[N+]2(CCOc3ccc(Br)cc3)CCC1CC2)C(O)(c1ccccc1)c1ccccc1.[Br-]. The monoisotopic (exact) mass is 615 g/mol. The van der Waals surface area contributed by atoms with Gasteiger partial charge in [-0.3, -0.25) is 0 Å². The number of aliphatic hydroxyl groups is 1. The van der Waals surface area contributed by atoms with Crippen molar-refractivity contribution >= 4 is 21.9 Å². The molecule has 2 bridgehead atoms. The molecule has 6 rings (SSSR count). The van der Waals surface area contributed by atoms with Crippen molar-refractivity contribution < 1.29 is 40.8 Å². The van der Waals surface area contributed by atoms with Crippen LogP contribution in [0.4, 0.5) is 0 Å². The van der Waals surface area contributed by atoms with Crippen LogP contribution in [0, 0.1) is 5.92 Å². The maximum atomic E-state index is 13.6. The van der Waals surface area contributed by atoms with Crippen LogP contribution in [-0.2, 0) is 15.1 Å². The van der Waals surface area contributed by atoms with Crippen LogP contribution in [0.25, 0.3) is 0 Å². The molecule has 0 amide bonds. The van der Waals surface area contributed by atoms with Gasteiger partial charge >= 0.3 is 5.97 Å². The third-order valence-electron chi connectivity index (χ3n) is 7.63. The third kappa shape index (κ3) is 5.54. The Balaban J connectivity index is 0.00000304. The highest BCUT2D eigenvalue weighted by Gasteiger charge is 2.50. The second kappa shape index (κ2) is 11.5. The number of halogens is 2. The fourth-order valence-electron chi connectivity index (χ4n) is 5.54. The summed E-state index contributed by atoms with van der Waals surface area (Å²) in [6.07, 6.45) is 1.83. The molecular weight excluding hydrogens is 586 g/mol. The topological polar surface area (TPSA) is 55.8 Å². The minimum Gasteiger partial charge on any atom is -1.00 e. The maximum Gasteiger partial charge on any atom is 0.348 e. The molecule has 0 saturated carbocycles. The van der Waals surface area contributed by atoms with Gasteiger partial charge in [-0.15, -0.1) is 0 Å². The Bertz CT molecular complexity index is 1090. The van der Waals surface area contributed by atoms with Crippen molar-refractivity contribution in [3.05, 3.63) is 101 Å². The summed E-state index contributed by atoms with van der Waals surface area (Å²) >= 11 is 3.45. The second-order valence-corrected chi connectivity index (χ2v) is 10.6. The van der Waals surface area contributed by atoms with Crippen LogP contribution < -0.4 is 21.7 Å². The van der Waals surface area contributed by atoms with E-state index in [0.29, 0.717) is 23.7 Å². The van der Waals surface area contributed by atoms with Crippen molar-refractivity contribution in [3.63, 3.8) is 0 Å². The highest BCUT2D eigenvalue weighted by Crippen LogP contribution is 2.38. The average Bonchev–Trinajstić information content (AvgIpc) is 2.91. The Morgan fingerprint density at radius 1 is 0.917 bits per heavy atom. The number of hydrogen-bond donors (Lipinski definition) is 1. The summed E-state index contributed by atoms with van der Waals surface area (Å²) in [6.45, 7) is 4.40. The molecule has 3 aliphatic heterocycles. The summed E-state index contributed by atoms with van der Waals surface area (Å²) in [4.78, 5) is 13.6. The molecule has 3 aromatic rings. The predicted octanol–water partition coefficient (Wildman–Crippen LogP) is 1.92. The number of carbonyl (C=O) groups excluding carboxylic acids is 1. The van der Waals surface area contributed by atoms with Gasteiger partial charge < -0.3 is 36.0 Å². The van der Waals surface area contributed by atoms with Crippen LogP contribution in [-0.4, -0.2) is 54.4 Å². The van der Waals surface area contributed by atoms with Crippen molar-refractivity contribution in [3.8, 4) is 5.75 Å². The van der Waals surface area contributed by atoms with Gasteiger partial charge in [-0.05, 0) is 35.4 Å². The zero-order valence-corrected chi connectivity index (χ0v) is 23.2.